The number of rotatable bonds is 12. The summed E-state index contributed by atoms with van der Waals surface area (Å²) in [6.07, 6.45) is 16.8. The van der Waals surface area contributed by atoms with Gasteiger partial charge in [-0.1, -0.05) is 50.5 Å². The molecule has 1 aliphatic heterocycles. The van der Waals surface area contributed by atoms with E-state index in [0.717, 1.165) is 38.7 Å². The van der Waals surface area contributed by atoms with Gasteiger partial charge in [-0.2, -0.15) is 0 Å². The van der Waals surface area contributed by atoms with Gasteiger partial charge in [0.1, 0.15) is 0 Å². The lowest BCUT2D eigenvalue weighted by Gasteiger charge is -2.28. The third kappa shape index (κ3) is 6.59. The highest BCUT2D eigenvalue weighted by Crippen LogP contribution is 2.47. The molecule has 0 aromatic carbocycles. The van der Waals surface area contributed by atoms with Gasteiger partial charge in [-0.05, 0) is 49.9 Å². The lowest BCUT2D eigenvalue weighted by Crippen LogP contribution is -2.27. The number of carbonyl (C=O) groups is 1. The lowest BCUT2D eigenvalue weighted by molar-refractivity contribution is -0.137. The van der Waals surface area contributed by atoms with Crippen LogP contribution in [0.2, 0.25) is 0 Å². The number of carboxylic acids is 1. The Morgan fingerprint density at radius 3 is 2.88 bits per heavy atom. The van der Waals surface area contributed by atoms with Gasteiger partial charge in [0, 0.05) is 6.42 Å². The molecule has 2 aliphatic rings. The zero-order valence-electron chi connectivity index (χ0n) is 15.5. The second-order valence-electron chi connectivity index (χ2n) is 7.55. The zero-order valence-corrected chi connectivity index (χ0v) is 15.5. The Bertz CT molecular complexity index is 457. The average molecular weight is 350 g/mol. The van der Waals surface area contributed by atoms with E-state index in [9.17, 15) is 9.90 Å². The molecule has 1 heterocycles. The van der Waals surface area contributed by atoms with E-state index in [2.05, 4.69) is 25.2 Å². The molecular weight excluding hydrogens is 316 g/mol. The number of aliphatic carboxylic acids is 1. The Hall–Kier alpha value is -1.13. The SMILES string of the molecule is CCCCC[C@@H](O)/C=C/[C@H]1[C@@H]2CO[C@@H](C2)[C@@H]1C/C=C\CCCC(=O)O. The van der Waals surface area contributed by atoms with Crippen LogP contribution in [0.5, 0.6) is 0 Å². The molecule has 4 heteroatoms. The third-order valence-electron chi connectivity index (χ3n) is 5.57. The molecular formula is C21H34O4. The van der Waals surface area contributed by atoms with Gasteiger partial charge < -0.3 is 14.9 Å². The molecule has 1 aliphatic carbocycles. The molecule has 1 saturated heterocycles. The number of hydrogen-bond acceptors (Lipinski definition) is 3. The summed E-state index contributed by atoms with van der Waals surface area (Å²) in [6.45, 7) is 3.03. The summed E-state index contributed by atoms with van der Waals surface area (Å²) in [7, 11) is 0. The first-order valence-electron chi connectivity index (χ1n) is 9.96. The van der Waals surface area contributed by atoms with Crippen LogP contribution in [0, 0.1) is 17.8 Å². The quantitative estimate of drug-likeness (QED) is 0.406. The van der Waals surface area contributed by atoms with Crippen LogP contribution in [0.1, 0.15) is 64.7 Å². The summed E-state index contributed by atoms with van der Waals surface area (Å²) in [5.74, 6) is 0.865. The highest BCUT2D eigenvalue weighted by atomic mass is 16.5. The van der Waals surface area contributed by atoms with Crippen LogP contribution >= 0.6 is 0 Å². The number of aliphatic hydroxyl groups is 1. The molecule has 0 aromatic heterocycles. The highest BCUT2D eigenvalue weighted by Gasteiger charge is 2.46. The minimum atomic E-state index is -0.724. The molecule has 2 bridgehead atoms. The summed E-state index contributed by atoms with van der Waals surface area (Å²) < 4.78 is 5.88. The average Bonchev–Trinajstić information content (AvgIpc) is 3.17. The molecule has 25 heavy (non-hydrogen) atoms. The second-order valence-corrected chi connectivity index (χ2v) is 7.55. The van der Waals surface area contributed by atoms with Gasteiger partial charge in [-0.25, -0.2) is 0 Å². The molecule has 2 fully saturated rings. The molecule has 1 saturated carbocycles. The largest absolute Gasteiger partial charge is 0.481 e. The van der Waals surface area contributed by atoms with Crippen molar-refractivity contribution in [1.29, 1.82) is 0 Å². The van der Waals surface area contributed by atoms with Crippen molar-refractivity contribution >= 4 is 5.97 Å². The van der Waals surface area contributed by atoms with E-state index >= 15 is 0 Å². The van der Waals surface area contributed by atoms with E-state index in [-0.39, 0.29) is 12.5 Å². The van der Waals surface area contributed by atoms with Crippen molar-refractivity contribution in [3.63, 3.8) is 0 Å². The fourth-order valence-electron chi connectivity index (χ4n) is 4.15. The van der Waals surface area contributed by atoms with Crippen LogP contribution in [-0.4, -0.2) is 35.0 Å². The van der Waals surface area contributed by atoms with Gasteiger partial charge >= 0.3 is 5.97 Å². The summed E-state index contributed by atoms with van der Waals surface area (Å²) in [4.78, 5) is 10.5. The van der Waals surface area contributed by atoms with Crippen molar-refractivity contribution in [2.45, 2.75) is 76.9 Å². The van der Waals surface area contributed by atoms with Gasteiger partial charge in [-0.15, -0.1) is 0 Å². The van der Waals surface area contributed by atoms with Crippen molar-refractivity contribution < 1.29 is 19.7 Å². The molecule has 0 amide bonds. The first-order chi connectivity index (χ1) is 12.1. The van der Waals surface area contributed by atoms with E-state index in [0.29, 0.717) is 30.3 Å². The number of carboxylic acid groups (broad SMARTS) is 1. The van der Waals surface area contributed by atoms with Crippen molar-refractivity contribution in [3.05, 3.63) is 24.3 Å². The molecule has 2 rings (SSSR count). The Balaban J connectivity index is 1.78. The summed E-state index contributed by atoms with van der Waals surface area (Å²) >= 11 is 0. The van der Waals surface area contributed by atoms with Crippen LogP contribution in [0.4, 0.5) is 0 Å². The number of unbranched alkanes of at least 4 members (excludes halogenated alkanes) is 3. The van der Waals surface area contributed by atoms with Crippen molar-refractivity contribution in [1.82, 2.24) is 0 Å². The van der Waals surface area contributed by atoms with Crippen molar-refractivity contribution in [2.75, 3.05) is 6.61 Å². The number of ether oxygens (including phenoxy) is 1. The smallest absolute Gasteiger partial charge is 0.303 e. The Morgan fingerprint density at radius 1 is 1.28 bits per heavy atom. The summed E-state index contributed by atoms with van der Waals surface area (Å²) in [6, 6.07) is 0. The molecule has 0 aromatic rings. The first kappa shape index (κ1) is 20.2. The second kappa shape index (κ2) is 10.8. The highest BCUT2D eigenvalue weighted by molar-refractivity contribution is 5.66. The van der Waals surface area contributed by atoms with Crippen LogP contribution in [0.15, 0.2) is 24.3 Å². The van der Waals surface area contributed by atoms with Crippen molar-refractivity contribution in [3.8, 4) is 0 Å². The van der Waals surface area contributed by atoms with Crippen molar-refractivity contribution in [2.24, 2.45) is 17.8 Å². The maximum atomic E-state index is 10.5. The van der Waals surface area contributed by atoms with E-state index in [1.807, 2.05) is 6.08 Å². The molecule has 4 nitrogen and oxygen atoms in total. The van der Waals surface area contributed by atoms with Gasteiger partial charge in [-0.3, -0.25) is 4.79 Å². The number of allylic oxidation sites excluding steroid dienone is 3. The fraction of sp³-hybridized carbons (Fsp3) is 0.762. The Labute approximate surface area is 152 Å². The standard InChI is InChI=1S/C21H34O4/c1-2-3-6-9-17(22)12-13-18-16-14-20(25-15-16)19(18)10-7-4-5-8-11-21(23)24/h4,7,12-13,16-20,22H,2-3,5-6,8-11,14-15H2,1H3,(H,23,24)/b7-4-,13-12+/t16-,17+,18-,19+,20-/m0/s1. The fourth-order valence-corrected chi connectivity index (χ4v) is 4.15. The lowest BCUT2D eigenvalue weighted by atomic mass is 9.85. The Morgan fingerprint density at radius 2 is 2.12 bits per heavy atom. The van der Waals surface area contributed by atoms with Crippen LogP contribution in [0.25, 0.3) is 0 Å². The molecule has 142 valence electrons. The topological polar surface area (TPSA) is 66.8 Å². The van der Waals surface area contributed by atoms with E-state index in [1.165, 1.54) is 12.8 Å². The number of fused-ring (bicyclic) bond motifs is 2. The monoisotopic (exact) mass is 350 g/mol. The normalized spacial score (nSPS) is 29.8. The number of aliphatic hydroxyl groups excluding tert-OH is 1. The van der Waals surface area contributed by atoms with E-state index < -0.39 is 5.97 Å². The predicted molar refractivity (Wildman–Crippen MR) is 99.4 cm³/mol. The maximum Gasteiger partial charge on any atom is 0.303 e. The van der Waals surface area contributed by atoms with Gasteiger partial charge in [0.15, 0.2) is 0 Å². The van der Waals surface area contributed by atoms with Crippen LogP contribution < -0.4 is 0 Å². The summed E-state index contributed by atoms with van der Waals surface area (Å²) in [5.41, 5.74) is 0. The molecule has 2 N–H and O–H groups in total. The minimum Gasteiger partial charge on any atom is -0.481 e. The minimum absolute atomic E-state index is 0.239. The van der Waals surface area contributed by atoms with E-state index in [4.69, 9.17) is 9.84 Å². The molecule has 0 unspecified atom stereocenters. The third-order valence-corrected chi connectivity index (χ3v) is 5.57. The Kier molecular flexibility index (Phi) is 8.70. The van der Waals surface area contributed by atoms with Crippen LogP contribution in [-0.2, 0) is 9.53 Å². The van der Waals surface area contributed by atoms with Crippen LogP contribution in [0.3, 0.4) is 0 Å². The van der Waals surface area contributed by atoms with E-state index in [1.54, 1.807) is 0 Å². The molecule has 0 spiro atoms. The van der Waals surface area contributed by atoms with Gasteiger partial charge in [0.25, 0.3) is 0 Å². The summed E-state index contributed by atoms with van der Waals surface area (Å²) in [5, 5.41) is 18.8. The molecule has 5 atom stereocenters. The zero-order chi connectivity index (χ0) is 18.1. The number of hydrogen-bond donors (Lipinski definition) is 2. The maximum absolute atomic E-state index is 10.5. The van der Waals surface area contributed by atoms with Gasteiger partial charge in [0.2, 0.25) is 0 Å². The first-order valence-corrected chi connectivity index (χ1v) is 9.96. The van der Waals surface area contributed by atoms with Gasteiger partial charge in [0.05, 0.1) is 18.8 Å². The molecule has 0 radical (unpaired) electrons. The predicted octanol–water partition coefficient (Wildman–Crippen LogP) is 4.34.